The standard InChI is InChI=1S/C11H22O32S8/c12-44(13)37-4(1-34-11-10(43-51(31,32)33)8(41-49(25,26)27)5(2-35-11)38-45(14)15)7(40-48(22,23)24)9(42-50(28,29)30)6(39-47(19,20)21)3-36-46(16,17)18/h4-11H,1-3H2,(H,12,13)(H,14,15)(H,16,17,18)(H,19,20,21)(H,22,23,24)(H,25,26,27)(H,28,29,30)(H,31,32,33)/t4-,5-,6-,7-,8-,9-,10+,11+/m1/s1. The zero-order chi connectivity index (χ0) is 40.0. The van der Waals surface area contributed by atoms with Gasteiger partial charge in [0.1, 0.15) is 36.6 Å². The van der Waals surface area contributed by atoms with Crippen molar-refractivity contribution in [2.24, 2.45) is 0 Å². The molecule has 40 heteroatoms. The second-order valence-electron chi connectivity index (χ2n) is 8.47. The van der Waals surface area contributed by atoms with Crippen LogP contribution in [0.15, 0.2) is 0 Å². The molecular weight excluding hydrogens is 901 g/mol. The first-order valence-electron chi connectivity index (χ1n) is 11.3. The molecule has 1 aliphatic rings. The summed E-state index contributed by atoms with van der Waals surface area (Å²) in [5.74, 6) is 0. The van der Waals surface area contributed by atoms with Crippen molar-refractivity contribution < 1.29 is 138 Å². The number of ether oxygens (including phenoxy) is 2. The van der Waals surface area contributed by atoms with Gasteiger partial charge in [0.2, 0.25) is 0 Å². The molecule has 1 rings (SSSR count). The Morgan fingerprint density at radius 2 is 1.04 bits per heavy atom. The van der Waals surface area contributed by atoms with Crippen molar-refractivity contribution in [1.29, 1.82) is 0 Å². The Morgan fingerprint density at radius 1 is 0.588 bits per heavy atom. The highest BCUT2D eigenvalue weighted by Crippen LogP contribution is 2.29. The number of rotatable bonds is 23. The summed E-state index contributed by atoms with van der Waals surface area (Å²) in [6.07, 6.45) is -23.6. The predicted molar refractivity (Wildman–Crippen MR) is 147 cm³/mol. The van der Waals surface area contributed by atoms with Crippen molar-refractivity contribution in [2.75, 3.05) is 19.8 Å². The van der Waals surface area contributed by atoms with Crippen LogP contribution >= 0.6 is 0 Å². The average molecular weight is 923 g/mol. The number of hydrogen-bond acceptors (Lipinski definition) is 24. The lowest BCUT2D eigenvalue weighted by atomic mass is 10.0. The maximum absolute atomic E-state index is 11.7. The van der Waals surface area contributed by atoms with Gasteiger partial charge in [-0.2, -0.15) is 58.9 Å². The zero-order valence-corrected chi connectivity index (χ0v) is 29.9. The normalized spacial score (nSPS) is 25.0. The first-order valence-corrected chi connectivity index (χ1v) is 21.6. The van der Waals surface area contributed by atoms with Crippen LogP contribution in [-0.2, 0) is 128 Å². The van der Waals surface area contributed by atoms with Crippen LogP contribution in [0.1, 0.15) is 0 Å². The van der Waals surface area contributed by atoms with E-state index >= 15 is 0 Å². The second kappa shape index (κ2) is 18.7. The molecule has 0 aromatic carbocycles. The van der Waals surface area contributed by atoms with Crippen LogP contribution in [0.2, 0.25) is 0 Å². The Morgan fingerprint density at radius 3 is 1.43 bits per heavy atom. The summed E-state index contributed by atoms with van der Waals surface area (Å²) in [4.78, 5) is 0. The van der Waals surface area contributed by atoms with Gasteiger partial charge in [-0.3, -0.25) is 44.8 Å². The van der Waals surface area contributed by atoms with Crippen molar-refractivity contribution >= 4 is 85.1 Å². The molecule has 1 heterocycles. The van der Waals surface area contributed by atoms with E-state index in [0.717, 1.165) is 0 Å². The van der Waals surface area contributed by atoms with Crippen molar-refractivity contribution in [2.45, 2.75) is 49.0 Å². The molecule has 1 fully saturated rings. The molecule has 2 unspecified atom stereocenters. The molecule has 32 nitrogen and oxygen atoms in total. The van der Waals surface area contributed by atoms with Gasteiger partial charge in [-0.05, 0) is 0 Å². The molecule has 0 amide bonds. The first kappa shape index (κ1) is 48.3. The highest BCUT2D eigenvalue weighted by atomic mass is 32.3. The van der Waals surface area contributed by atoms with Crippen molar-refractivity contribution in [1.82, 2.24) is 0 Å². The van der Waals surface area contributed by atoms with Gasteiger partial charge in [-0.15, -0.1) is 0 Å². The summed E-state index contributed by atoms with van der Waals surface area (Å²) in [6, 6.07) is 0. The number of hydrogen-bond donors (Lipinski definition) is 8. The summed E-state index contributed by atoms with van der Waals surface area (Å²) in [5, 5.41) is 0. The predicted octanol–water partition coefficient (Wildman–Crippen LogP) is -5.84. The molecule has 0 spiro atoms. The molecule has 0 radical (unpaired) electrons. The minimum absolute atomic E-state index is 1.25. The fraction of sp³-hybridized carbons (Fsp3) is 1.00. The van der Waals surface area contributed by atoms with Crippen LogP contribution < -0.4 is 0 Å². The van der Waals surface area contributed by atoms with E-state index in [9.17, 15) is 77.1 Å². The van der Waals surface area contributed by atoms with Gasteiger partial charge in [0.05, 0.1) is 19.8 Å². The van der Waals surface area contributed by atoms with Crippen LogP contribution in [0.5, 0.6) is 0 Å². The molecule has 0 aromatic heterocycles. The molecule has 51 heavy (non-hydrogen) atoms. The Kier molecular flexibility index (Phi) is 17.8. The zero-order valence-electron chi connectivity index (χ0n) is 23.4. The lowest BCUT2D eigenvalue weighted by Crippen LogP contribution is -2.59. The van der Waals surface area contributed by atoms with E-state index in [1.165, 1.54) is 0 Å². The minimum Gasteiger partial charge on any atom is -0.347 e. The van der Waals surface area contributed by atoms with E-state index in [4.69, 9.17) is 27.7 Å². The average Bonchev–Trinajstić information content (AvgIpc) is 2.85. The molecule has 1 aliphatic heterocycles. The quantitative estimate of drug-likeness (QED) is 0.0349. The third kappa shape index (κ3) is 21.1. The third-order valence-electron chi connectivity index (χ3n) is 4.83. The smallest absolute Gasteiger partial charge is 0.347 e. The van der Waals surface area contributed by atoms with Crippen molar-refractivity contribution in [3.8, 4) is 0 Å². The minimum atomic E-state index is -6.16. The molecule has 0 bridgehead atoms. The Hall–Kier alpha value is -0.720. The monoisotopic (exact) mass is 922 g/mol. The molecule has 306 valence electrons. The first-order chi connectivity index (χ1) is 22.6. The summed E-state index contributed by atoms with van der Waals surface area (Å²) < 4.78 is 276. The lowest BCUT2D eigenvalue weighted by molar-refractivity contribution is -0.262. The fourth-order valence-corrected chi connectivity index (χ4v) is 7.03. The Bertz CT molecular complexity index is 1880. The van der Waals surface area contributed by atoms with Gasteiger partial charge >= 0.3 is 85.1 Å². The van der Waals surface area contributed by atoms with E-state index in [1.54, 1.807) is 0 Å². The van der Waals surface area contributed by atoms with Gasteiger partial charge in [0.15, 0.2) is 12.4 Å². The topological polar surface area (TPSA) is 493 Å². The van der Waals surface area contributed by atoms with Crippen molar-refractivity contribution in [3.05, 3.63) is 0 Å². The third-order valence-corrected chi connectivity index (χ3v) is 8.44. The van der Waals surface area contributed by atoms with Crippen molar-refractivity contribution in [3.63, 3.8) is 0 Å². The van der Waals surface area contributed by atoms with Gasteiger partial charge in [0, 0.05) is 0 Å². The summed E-state index contributed by atoms with van der Waals surface area (Å²) >= 11 is -7.18. The van der Waals surface area contributed by atoms with E-state index in [-0.39, 0.29) is 0 Å². The van der Waals surface area contributed by atoms with Crippen LogP contribution in [0.25, 0.3) is 0 Å². The highest BCUT2D eigenvalue weighted by Gasteiger charge is 2.51. The fourth-order valence-electron chi connectivity index (χ4n) is 3.47. The molecule has 8 N–H and O–H groups in total. The van der Waals surface area contributed by atoms with Gasteiger partial charge in [-0.1, -0.05) is 0 Å². The van der Waals surface area contributed by atoms with Crippen LogP contribution in [0, 0.1) is 0 Å². The summed E-state index contributed by atoms with van der Waals surface area (Å²) in [5.41, 5.74) is 0. The summed E-state index contributed by atoms with van der Waals surface area (Å²) in [6.45, 7) is -5.21. The lowest BCUT2D eigenvalue weighted by Gasteiger charge is -2.39. The molecule has 1 saturated heterocycles. The van der Waals surface area contributed by atoms with Gasteiger partial charge < -0.3 is 9.47 Å². The van der Waals surface area contributed by atoms with Crippen LogP contribution in [0.3, 0.4) is 0 Å². The molecule has 0 aliphatic carbocycles. The molecular formula is C11H22O32S8. The molecule has 10 atom stereocenters. The van der Waals surface area contributed by atoms with Gasteiger partial charge in [0.25, 0.3) is 0 Å². The second-order valence-corrected chi connectivity index (χ2v) is 16.1. The van der Waals surface area contributed by atoms with Crippen LogP contribution in [0.4, 0.5) is 0 Å². The molecule has 0 aromatic rings. The van der Waals surface area contributed by atoms with Crippen LogP contribution in [-0.4, -0.2) is 164 Å². The SMILES string of the molecule is O=S(O)O[C@@H]1CO[C@H](OC[C@@H](OS(=O)O)[C@@H](OS(=O)(=O)O)[C@H](OS(=O)(=O)O)[C@@H](COS(=O)(=O)O)OS(=O)(=O)O)[C@@H](OS(=O)(=O)O)[C@@H]1OS(=O)(=O)O. The van der Waals surface area contributed by atoms with E-state index < -0.39 is 154 Å². The summed E-state index contributed by atoms with van der Waals surface area (Å²) in [7, 11) is -35.6. The van der Waals surface area contributed by atoms with E-state index in [0.29, 0.717) is 0 Å². The maximum atomic E-state index is 11.7. The van der Waals surface area contributed by atoms with E-state index in [1.807, 2.05) is 0 Å². The highest BCUT2D eigenvalue weighted by molar-refractivity contribution is 7.82. The Labute approximate surface area is 291 Å². The van der Waals surface area contributed by atoms with Gasteiger partial charge in [-0.25, -0.2) is 25.1 Å². The van der Waals surface area contributed by atoms with E-state index in [2.05, 4.69) is 33.5 Å². The largest absolute Gasteiger partial charge is 0.397 e. The maximum Gasteiger partial charge on any atom is 0.397 e. The molecule has 0 saturated carbocycles. The Balaban J connectivity index is 3.89.